The number of fused-ring (bicyclic) bond motifs is 1. The first-order chi connectivity index (χ1) is 10.5. The molecule has 0 amide bonds. The fourth-order valence-electron chi connectivity index (χ4n) is 2.67. The lowest BCUT2D eigenvalue weighted by Crippen LogP contribution is -2.30. The van der Waals surface area contributed by atoms with Crippen molar-refractivity contribution >= 4 is 29.2 Å². The lowest BCUT2D eigenvalue weighted by atomic mass is 10.0. The van der Waals surface area contributed by atoms with Crippen LogP contribution >= 0.6 is 11.6 Å². The number of halogens is 1. The van der Waals surface area contributed by atoms with Crippen LogP contribution < -0.4 is 15.5 Å². The monoisotopic (exact) mass is 318 g/mol. The summed E-state index contributed by atoms with van der Waals surface area (Å²) in [5, 5.41) is 0.778. The minimum atomic E-state index is 0.252. The number of anilines is 3. The smallest absolute Gasteiger partial charge is 0.229 e. The first-order valence-corrected chi connectivity index (χ1v) is 7.62. The van der Waals surface area contributed by atoms with E-state index in [2.05, 4.69) is 25.9 Å². The molecular formula is C15H19ClN6. The van der Waals surface area contributed by atoms with Crippen molar-refractivity contribution in [3.8, 4) is 0 Å². The minimum absolute atomic E-state index is 0.252. The number of hydrogen-bond donors (Lipinski definition) is 1. The molecule has 22 heavy (non-hydrogen) atoms. The second-order valence-electron chi connectivity index (χ2n) is 5.60. The van der Waals surface area contributed by atoms with Gasteiger partial charge in [0.1, 0.15) is 0 Å². The van der Waals surface area contributed by atoms with Crippen LogP contribution in [-0.2, 0) is 13.0 Å². The summed E-state index contributed by atoms with van der Waals surface area (Å²) >= 11 is 6.09. The van der Waals surface area contributed by atoms with Crippen molar-refractivity contribution in [1.29, 1.82) is 0 Å². The number of rotatable bonds is 3. The third kappa shape index (κ3) is 3.06. The molecule has 2 N–H and O–H groups in total. The first kappa shape index (κ1) is 14.8. The molecule has 0 saturated heterocycles. The highest BCUT2D eigenvalue weighted by Gasteiger charge is 2.19. The van der Waals surface area contributed by atoms with Crippen molar-refractivity contribution in [2.45, 2.75) is 19.4 Å². The largest absolute Gasteiger partial charge is 0.368 e. The fourth-order valence-corrected chi connectivity index (χ4v) is 2.87. The summed E-state index contributed by atoms with van der Waals surface area (Å²) < 4.78 is 0. The van der Waals surface area contributed by atoms with Crippen molar-refractivity contribution in [3.05, 3.63) is 34.6 Å². The summed E-state index contributed by atoms with van der Waals surface area (Å²) in [5.41, 5.74) is 8.26. The lowest BCUT2D eigenvalue weighted by Gasteiger charge is -2.31. The second-order valence-corrected chi connectivity index (χ2v) is 6.04. The van der Waals surface area contributed by atoms with Crippen molar-refractivity contribution < 1.29 is 0 Å². The standard InChI is InChI=1S/C15H19ClN6/c1-21(2)15-19-13(18-14(17)20-15)9-22-7-3-4-10-8-11(16)5-6-12(10)22/h5-6,8H,3-4,7,9H2,1-2H3,(H2,17,18,19,20). The average Bonchev–Trinajstić information content (AvgIpc) is 2.46. The Bertz CT molecular complexity index is 688. The second kappa shape index (κ2) is 5.96. The number of aryl methyl sites for hydroxylation is 1. The number of nitrogens with two attached hydrogens (primary N) is 1. The zero-order chi connectivity index (χ0) is 15.7. The summed E-state index contributed by atoms with van der Waals surface area (Å²) in [7, 11) is 3.77. The van der Waals surface area contributed by atoms with Gasteiger partial charge in [-0.3, -0.25) is 0 Å². The highest BCUT2D eigenvalue weighted by atomic mass is 35.5. The van der Waals surface area contributed by atoms with E-state index in [1.165, 1.54) is 11.3 Å². The number of aromatic nitrogens is 3. The van der Waals surface area contributed by atoms with Crippen molar-refractivity contribution in [2.75, 3.05) is 36.2 Å². The molecule has 1 aromatic heterocycles. The Morgan fingerprint density at radius 1 is 1.27 bits per heavy atom. The van der Waals surface area contributed by atoms with Gasteiger partial charge < -0.3 is 15.5 Å². The molecule has 0 unspecified atom stereocenters. The van der Waals surface area contributed by atoms with Crippen LogP contribution in [0.1, 0.15) is 17.8 Å². The van der Waals surface area contributed by atoms with E-state index in [0.717, 1.165) is 24.4 Å². The summed E-state index contributed by atoms with van der Waals surface area (Å²) in [6.45, 7) is 1.58. The molecule has 7 heteroatoms. The van der Waals surface area contributed by atoms with Gasteiger partial charge in [-0.25, -0.2) is 0 Å². The molecule has 2 aromatic rings. The van der Waals surface area contributed by atoms with Crippen LogP contribution in [0.3, 0.4) is 0 Å². The van der Waals surface area contributed by atoms with Gasteiger partial charge in [0.2, 0.25) is 11.9 Å². The molecule has 0 bridgehead atoms. The Morgan fingerprint density at radius 2 is 2.09 bits per heavy atom. The van der Waals surface area contributed by atoms with Gasteiger partial charge >= 0.3 is 0 Å². The molecule has 2 heterocycles. The Labute approximate surface area is 134 Å². The van der Waals surface area contributed by atoms with Crippen LogP contribution in [-0.4, -0.2) is 35.6 Å². The van der Waals surface area contributed by atoms with E-state index < -0.39 is 0 Å². The van der Waals surface area contributed by atoms with Gasteiger partial charge in [-0.15, -0.1) is 0 Å². The Hall–Kier alpha value is -2.08. The van der Waals surface area contributed by atoms with Gasteiger partial charge in [-0.05, 0) is 36.6 Å². The van der Waals surface area contributed by atoms with Crippen molar-refractivity contribution in [3.63, 3.8) is 0 Å². The van der Waals surface area contributed by atoms with E-state index in [1.807, 2.05) is 31.1 Å². The highest BCUT2D eigenvalue weighted by molar-refractivity contribution is 6.30. The fraction of sp³-hybridized carbons (Fsp3) is 0.400. The molecule has 0 saturated carbocycles. The topological polar surface area (TPSA) is 71.2 Å². The van der Waals surface area contributed by atoms with E-state index in [9.17, 15) is 0 Å². The third-order valence-corrected chi connectivity index (χ3v) is 3.91. The predicted octanol–water partition coefficient (Wildman–Crippen LogP) is 2.13. The van der Waals surface area contributed by atoms with Crippen LogP contribution in [0.2, 0.25) is 5.02 Å². The third-order valence-electron chi connectivity index (χ3n) is 3.68. The zero-order valence-corrected chi connectivity index (χ0v) is 13.5. The Kier molecular flexibility index (Phi) is 4.02. The molecule has 3 rings (SSSR count). The predicted molar refractivity (Wildman–Crippen MR) is 89.4 cm³/mol. The van der Waals surface area contributed by atoms with E-state index in [4.69, 9.17) is 17.3 Å². The maximum absolute atomic E-state index is 6.09. The molecule has 1 aliphatic heterocycles. The summed E-state index contributed by atoms with van der Waals surface area (Å²) in [5.74, 6) is 1.51. The molecule has 0 radical (unpaired) electrons. The van der Waals surface area contributed by atoms with E-state index >= 15 is 0 Å². The molecule has 0 atom stereocenters. The number of nitrogen functional groups attached to an aromatic ring is 1. The Morgan fingerprint density at radius 3 is 2.86 bits per heavy atom. The van der Waals surface area contributed by atoms with Gasteiger partial charge in [-0.1, -0.05) is 11.6 Å². The highest BCUT2D eigenvalue weighted by Crippen LogP contribution is 2.30. The number of nitrogens with zero attached hydrogens (tertiary/aromatic N) is 5. The molecule has 1 aliphatic rings. The molecule has 6 nitrogen and oxygen atoms in total. The van der Waals surface area contributed by atoms with Crippen LogP contribution in [0.4, 0.5) is 17.6 Å². The summed E-state index contributed by atoms with van der Waals surface area (Å²) in [6.07, 6.45) is 2.14. The van der Waals surface area contributed by atoms with E-state index in [1.54, 1.807) is 0 Å². The van der Waals surface area contributed by atoms with Crippen LogP contribution in [0.5, 0.6) is 0 Å². The summed E-state index contributed by atoms with van der Waals surface area (Å²) in [4.78, 5) is 17.0. The van der Waals surface area contributed by atoms with E-state index in [-0.39, 0.29) is 5.95 Å². The van der Waals surface area contributed by atoms with Crippen LogP contribution in [0.15, 0.2) is 18.2 Å². The van der Waals surface area contributed by atoms with Crippen LogP contribution in [0, 0.1) is 0 Å². The quantitative estimate of drug-likeness (QED) is 0.934. The van der Waals surface area contributed by atoms with Crippen molar-refractivity contribution in [2.24, 2.45) is 0 Å². The van der Waals surface area contributed by atoms with E-state index in [0.29, 0.717) is 18.3 Å². The van der Waals surface area contributed by atoms with Gasteiger partial charge in [0.15, 0.2) is 5.82 Å². The van der Waals surface area contributed by atoms with Gasteiger partial charge in [0.05, 0.1) is 6.54 Å². The van der Waals surface area contributed by atoms with Crippen molar-refractivity contribution in [1.82, 2.24) is 15.0 Å². The zero-order valence-electron chi connectivity index (χ0n) is 12.8. The summed E-state index contributed by atoms with van der Waals surface area (Å²) in [6, 6.07) is 6.02. The lowest BCUT2D eigenvalue weighted by molar-refractivity contribution is 0.671. The normalized spacial score (nSPS) is 13.9. The first-order valence-electron chi connectivity index (χ1n) is 7.24. The number of hydrogen-bond acceptors (Lipinski definition) is 6. The maximum atomic E-state index is 6.09. The molecule has 0 aliphatic carbocycles. The van der Waals surface area contributed by atoms with Gasteiger partial charge in [0.25, 0.3) is 0 Å². The Balaban J connectivity index is 1.89. The maximum Gasteiger partial charge on any atom is 0.229 e. The number of benzene rings is 1. The molecule has 0 spiro atoms. The molecular weight excluding hydrogens is 300 g/mol. The molecule has 0 fully saturated rings. The molecule has 116 valence electrons. The van der Waals surface area contributed by atoms with Gasteiger partial charge in [-0.2, -0.15) is 15.0 Å². The SMILES string of the molecule is CN(C)c1nc(N)nc(CN2CCCc3cc(Cl)ccc32)n1. The molecule has 1 aromatic carbocycles. The minimum Gasteiger partial charge on any atom is -0.368 e. The van der Waals surface area contributed by atoms with Gasteiger partial charge in [0, 0.05) is 31.4 Å². The average molecular weight is 319 g/mol. The van der Waals surface area contributed by atoms with Crippen LogP contribution in [0.25, 0.3) is 0 Å².